The fraction of sp³-hybridized carbons (Fsp3) is 0.250. The molecule has 144 valence electrons. The van der Waals surface area contributed by atoms with Crippen LogP contribution in [0.5, 0.6) is 0 Å². The van der Waals surface area contributed by atoms with E-state index in [0.717, 1.165) is 17.8 Å². The molecule has 0 amide bonds. The van der Waals surface area contributed by atoms with Gasteiger partial charge in [0.1, 0.15) is 5.82 Å². The van der Waals surface area contributed by atoms with Gasteiger partial charge in [-0.05, 0) is 11.6 Å². The van der Waals surface area contributed by atoms with Crippen LogP contribution >= 0.6 is 0 Å². The molecule has 3 heterocycles. The fourth-order valence-electron chi connectivity index (χ4n) is 3.42. The number of nitrogens with one attached hydrogen (secondary N) is 1. The third-order valence-corrected chi connectivity index (χ3v) is 4.80. The molecule has 4 rings (SSSR count). The number of nitrogens with zero attached hydrogens (tertiary/aromatic N) is 3. The highest BCUT2D eigenvalue weighted by atomic mass is 19.4. The van der Waals surface area contributed by atoms with Gasteiger partial charge < -0.3 is 4.98 Å². The molecule has 0 fully saturated rings. The van der Waals surface area contributed by atoms with E-state index in [0.29, 0.717) is 30.0 Å². The lowest BCUT2D eigenvalue weighted by Crippen LogP contribution is -2.36. The van der Waals surface area contributed by atoms with Gasteiger partial charge in [-0.2, -0.15) is 13.2 Å². The van der Waals surface area contributed by atoms with Crippen molar-refractivity contribution < 1.29 is 13.2 Å². The number of hydrogen-bond donors (Lipinski definition) is 1. The molecule has 1 aromatic carbocycles. The van der Waals surface area contributed by atoms with E-state index in [1.165, 1.54) is 6.20 Å². The number of pyridine rings is 1. The van der Waals surface area contributed by atoms with Gasteiger partial charge in [0.15, 0.2) is 0 Å². The molecule has 0 saturated heterocycles. The molecule has 0 spiro atoms. The second-order valence-corrected chi connectivity index (χ2v) is 6.70. The van der Waals surface area contributed by atoms with Gasteiger partial charge in [-0.1, -0.05) is 30.3 Å². The van der Waals surface area contributed by atoms with Crippen LogP contribution in [0.2, 0.25) is 0 Å². The molecule has 28 heavy (non-hydrogen) atoms. The second kappa shape index (κ2) is 7.20. The zero-order valence-corrected chi connectivity index (χ0v) is 14.8. The summed E-state index contributed by atoms with van der Waals surface area (Å²) in [7, 11) is 0. The Hall–Kier alpha value is -3.00. The average molecular weight is 386 g/mol. The van der Waals surface area contributed by atoms with Crippen LogP contribution < -0.4 is 5.56 Å². The van der Waals surface area contributed by atoms with Crippen LogP contribution in [-0.2, 0) is 25.7 Å². The second-order valence-electron chi connectivity index (χ2n) is 6.70. The van der Waals surface area contributed by atoms with Crippen LogP contribution in [-0.4, -0.2) is 26.4 Å². The fourth-order valence-corrected chi connectivity index (χ4v) is 3.42. The third-order valence-electron chi connectivity index (χ3n) is 4.80. The number of aromatic nitrogens is 3. The average Bonchev–Trinajstić information content (AvgIpc) is 2.68. The largest absolute Gasteiger partial charge is 0.416 e. The Morgan fingerprint density at radius 3 is 2.68 bits per heavy atom. The lowest BCUT2D eigenvalue weighted by molar-refractivity contribution is -0.138. The van der Waals surface area contributed by atoms with Crippen LogP contribution in [0, 0.1) is 0 Å². The Morgan fingerprint density at radius 1 is 1.14 bits per heavy atom. The normalized spacial score (nSPS) is 14.7. The van der Waals surface area contributed by atoms with Gasteiger partial charge in [-0.3, -0.25) is 14.7 Å². The summed E-state index contributed by atoms with van der Waals surface area (Å²) in [5.74, 6) is 0.504. The number of benzene rings is 1. The van der Waals surface area contributed by atoms with Crippen LogP contribution in [0.3, 0.4) is 0 Å². The monoisotopic (exact) mass is 386 g/mol. The summed E-state index contributed by atoms with van der Waals surface area (Å²) in [5.41, 5.74) is 1.17. The predicted octanol–water partition coefficient (Wildman–Crippen LogP) is 3.41. The van der Waals surface area contributed by atoms with Crippen molar-refractivity contribution in [2.24, 2.45) is 0 Å². The quantitative estimate of drug-likeness (QED) is 0.749. The number of H-pyrrole nitrogens is 1. The molecule has 1 aliphatic heterocycles. The summed E-state index contributed by atoms with van der Waals surface area (Å²) in [6, 6.07) is 10.3. The minimum Gasteiger partial charge on any atom is -0.306 e. The van der Waals surface area contributed by atoms with Gasteiger partial charge in [0.05, 0.1) is 16.8 Å². The van der Waals surface area contributed by atoms with Gasteiger partial charge in [0.25, 0.3) is 5.56 Å². The number of fused-ring (bicyclic) bond motifs is 1. The Morgan fingerprint density at radius 2 is 1.93 bits per heavy atom. The molecule has 0 bridgehead atoms. The number of hydrogen-bond acceptors (Lipinski definition) is 4. The summed E-state index contributed by atoms with van der Waals surface area (Å²) >= 11 is 0. The summed E-state index contributed by atoms with van der Waals surface area (Å²) < 4.78 is 39.6. The zero-order valence-electron chi connectivity index (χ0n) is 14.8. The van der Waals surface area contributed by atoms with Crippen molar-refractivity contribution in [1.82, 2.24) is 19.9 Å². The number of halogens is 3. The van der Waals surface area contributed by atoms with E-state index < -0.39 is 11.7 Å². The molecule has 0 unspecified atom stereocenters. The van der Waals surface area contributed by atoms with Crippen molar-refractivity contribution in [3.8, 4) is 11.4 Å². The lowest BCUT2D eigenvalue weighted by atomic mass is 10.0. The highest BCUT2D eigenvalue weighted by molar-refractivity contribution is 5.54. The van der Waals surface area contributed by atoms with Crippen molar-refractivity contribution in [1.29, 1.82) is 0 Å². The molecular formula is C20H17F3N4O. The standard InChI is InChI=1S/C20H17F3N4O/c21-20(22,23)16-6-8-24-10-14(16)11-27-9-7-17-15(12-27)19(28)26-18(25-17)13-4-2-1-3-5-13/h1-6,8,10H,7,9,11-12H2,(H,25,26,28). The van der Waals surface area contributed by atoms with E-state index in [1.54, 1.807) is 0 Å². The first kappa shape index (κ1) is 18.4. The lowest BCUT2D eigenvalue weighted by Gasteiger charge is -2.28. The van der Waals surface area contributed by atoms with Crippen LogP contribution in [0.1, 0.15) is 22.4 Å². The molecule has 0 atom stereocenters. The number of aromatic amines is 1. The molecule has 2 aromatic heterocycles. The first-order valence-electron chi connectivity index (χ1n) is 8.82. The molecule has 0 saturated carbocycles. The maximum absolute atomic E-state index is 13.2. The molecule has 8 heteroatoms. The highest BCUT2D eigenvalue weighted by Gasteiger charge is 2.34. The van der Waals surface area contributed by atoms with E-state index in [9.17, 15) is 18.0 Å². The summed E-state index contributed by atoms with van der Waals surface area (Å²) in [6.45, 7) is 0.838. The van der Waals surface area contributed by atoms with Crippen molar-refractivity contribution in [2.45, 2.75) is 25.7 Å². The molecule has 5 nitrogen and oxygen atoms in total. The predicted molar refractivity (Wildman–Crippen MR) is 97.4 cm³/mol. The maximum atomic E-state index is 13.2. The van der Waals surface area contributed by atoms with Crippen molar-refractivity contribution in [3.05, 3.63) is 81.5 Å². The van der Waals surface area contributed by atoms with E-state index in [-0.39, 0.29) is 24.2 Å². The minimum absolute atomic E-state index is 0.0714. The Labute approximate surface area is 158 Å². The number of rotatable bonds is 3. The van der Waals surface area contributed by atoms with Crippen molar-refractivity contribution in [3.63, 3.8) is 0 Å². The Balaban J connectivity index is 1.59. The Kier molecular flexibility index (Phi) is 4.72. The van der Waals surface area contributed by atoms with Crippen molar-refractivity contribution in [2.75, 3.05) is 6.54 Å². The van der Waals surface area contributed by atoms with Gasteiger partial charge in [0.2, 0.25) is 0 Å². The van der Waals surface area contributed by atoms with E-state index in [1.807, 2.05) is 35.2 Å². The van der Waals surface area contributed by atoms with E-state index in [4.69, 9.17) is 0 Å². The first-order valence-corrected chi connectivity index (χ1v) is 8.82. The maximum Gasteiger partial charge on any atom is 0.416 e. The smallest absolute Gasteiger partial charge is 0.306 e. The van der Waals surface area contributed by atoms with Crippen molar-refractivity contribution >= 4 is 0 Å². The number of alkyl halides is 3. The van der Waals surface area contributed by atoms with Gasteiger partial charge in [0, 0.05) is 44.0 Å². The molecule has 3 aromatic rings. The molecule has 0 radical (unpaired) electrons. The van der Waals surface area contributed by atoms with Gasteiger partial charge in [-0.25, -0.2) is 4.98 Å². The topological polar surface area (TPSA) is 61.9 Å². The van der Waals surface area contributed by atoms with E-state index in [2.05, 4.69) is 15.0 Å². The van der Waals surface area contributed by atoms with Crippen LogP contribution in [0.15, 0.2) is 53.6 Å². The molecule has 1 aliphatic rings. The minimum atomic E-state index is -4.43. The third kappa shape index (κ3) is 3.68. The molecule has 0 aliphatic carbocycles. The summed E-state index contributed by atoms with van der Waals surface area (Å²) in [4.78, 5) is 25.6. The molecular weight excluding hydrogens is 369 g/mol. The summed E-state index contributed by atoms with van der Waals surface area (Å²) in [5, 5.41) is 0. The highest BCUT2D eigenvalue weighted by Crippen LogP contribution is 2.32. The van der Waals surface area contributed by atoms with Gasteiger partial charge >= 0.3 is 6.18 Å². The van der Waals surface area contributed by atoms with Gasteiger partial charge in [-0.15, -0.1) is 0 Å². The Bertz CT molecular complexity index is 1050. The van der Waals surface area contributed by atoms with Crippen LogP contribution in [0.25, 0.3) is 11.4 Å². The molecule has 1 N–H and O–H groups in total. The van der Waals surface area contributed by atoms with Crippen LogP contribution in [0.4, 0.5) is 13.2 Å². The summed E-state index contributed by atoms with van der Waals surface area (Å²) in [6.07, 6.45) is -1.56. The first-order chi connectivity index (χ1) is 13.4. The van der Waals surface area contributed by atoms with E-state index >= 15 is 0 Å². The zero-order chi connectivity index (χ0) is 19.7. The SMILES string of the molecule is O=c1[nH]c(-c2ccccc2)nc2c1CN(Cc1cnccc1C(F)(F)F)CC2.